The molecule has 2 amide bonds. The van der Waals surface area contributed by atoms with Crippen molar-refractivity contribution < 1.29 is 19.8 Å². The van der Waals surface area contributed by atoms with Gasteiger partial charge in [-0.05, 0) is 49.2 Å². The van der Waals surface area contributed by atoms with Crippen molar-refractivity contribution in [2.75, 3.05) is 0 Å². The number of benzene rings is 2. The number of nitrogens with one attached hydrogen (secondary N) is 2. The summed E-state index contributed by atoms with van der Waals surface area (Å²) in [5.74, 6) is -0.350. The predicted molar refractivity (Wildman–Crippen MR) is 126 cm³/mol. The molecule has 0 fully saturated rings. The fourth-order valence-electron chi connectivity index (χ4n) is 2.46. The van der Waals surface area contributed by atoms with Crippen LogP contribution in [-0.2, 0) is 9.59 Å². The average molecular weight is 554 g/mol. The molecule has 0 unspecified atom stereocenters. The van der Waals surface area contributed by atoms with Crippen LogP contribution in [0, 0.1) is 0 Å². The van der Waals surface area contributed by atoms with E-state index < -0.39 is 0 Å². The smallest absolute Gasteiger partial charge is 0.240 e. The van der Waals surface area contributed by atoms with Crippen LogP contribution >= 0.6 is 31.9 Å². The molecule has 0 saturated heterocycles. The Labute approximate surface area is 196 Å². The Balaban J connectivity index is 1.59. The van der Waals surface area contributed by atoms with Crippen LogP contribution in [0.15, 0.2) is 55.5 Å². The summed E-state index contributed by atoms with van der Waals surface area (Å²) in [6.45, 7) is 0. The van der Waals surface area contributed by atoms with Crippen LogP contribution in [0.2, 0.25) is 0 Å². The summed E-state index contributed by atoms with van der Waals surface area (Å²) in [6, 6.07) is 9.82. The van der Waals surface area contributed by atoms with Crippen molar-refractivity contribution in [3.05, 3.63) is 56.5 Å². The van der Waals surface area contributed by atoms with E-state index in [2.05, 4.69) is 52.9 Å². The maximum absolute atomic E-state index is 11.8. The molecule has 2 rings (SSSR count). The second-order valence-corrected chi connectivity index (χ2v) is 8.38. The Morgan fingerprint density at radius 3 is 1.61 bits per heavy atom. The van der Waals surface area contributed by atoms with Gasteiger partial charge in [0.1, 0.15) is 11.5 Å². The monoisotopic (exact) mass is 552 g/mol. The molecule has 0 aliphatic rings. The maximum Gasteiger partial charge on any atom is 0.240 e. The highest BCUT2D eigenvalue weighted by Gasteiger charge is 2.04. The number of unbranched alkanes of at least 4 members (excludes halogenated alkanes) is 2. The Bertz CT molecular complexity index is 902. The maximum atomic E-state index is 11.8. The topological polar surface area (TPSA) is 123 Å². The number of hydrazone groups is 2. The minimum atomic E-state index is -0.242. The molecule has 0 atom stereocenters. The van der Waals surface area contributed by atoms with Gasteiger partial charge in [0, 0.05) is 32.9 Å². The summed E-state index contributed by atoms with van der Waals surface area (Å²) in [4.78, 5) is 23.6. The van der Waals surface area contributed by atoms with E-state index >= 15 is 0 Å². The summed E-state index contributed by atoms with van der Waals surface area (Å²) in [6.07, 6.45) is 5.24. The van der Waals surface area contributed by atoms with Gasteiger partial charge in [-0.25, -0.2) is 10.9 Å². The van der Waals surface area contributed by atoms with Crippen LogP contribution in [0.4, 0.5) is 0 Å². The fraction of sp³-hybridized carbons (Fsp3) is 0.238. The van der Waals surface area contributed by atoms with E-state index in [0.29, 0.717) is 30.4 Å². The molecule has 2 aromatic rings. The predicted octanol–water partition coefficient (Wildman–Crippen LogP) is 4.17. The van der Waals surface area contributed by atoms with Crippen molar-refractivity contribution in [1.29, 1.82) is 0 Å². The highest BCUT2D eigenvalue weighted by atomic mass is 79.9. The van der Waals surface area contributed by atoms with Crippen LogP contribution in [-0.4, -0.2) is 34.5 Å². The number of phenols is 2. The number of carbonyl (C=O) groups excluding carboxylic acids is 2. The lowest BCUT2D eigenvalue weighted by atomic mass is 10.1. The summed E-state index contributed by atoms with van der Waals surface area (Å²) in [5, 5.41) is 27.1. The van der Waals surface area contributed by atoms with Gasteiger partial charge in [0.2, 0.25) is 11.8 Å². The van der Waals surface area contributed by atoms with Crippen molar-refractivity contribution in [3.63, 3.8) is 0 Å². The van der Waals surface area contributed by atoms with E-state index in [1.165, 1.54) is 24.6 Å². The third-order valence-corrected chi connectivity index (χ3v) is 5.06. The van der Waals surface area contributed by atoms with E-state index in [9.17, 15) is 19.8 Å². The molecular formula is C21H22Br2N4O4. The summed E-state index contributed by atoms with van der Waals surface area (Å²) in [5.41, 5.74) is 5.79. The van der Waals surface area contributed by atoms with Gasteiger partial charge < -0.3 is 10.2 Å². The summed E-state index contributed by atoms with van der Waals surface area (Å²) >= 11 is 6.60. The number of hydrogen-bond donors (Lipinski definition) is 4. The molecule has 10 heteroatoms. The zero-order valence-corrected chi connectivity index (χ0v) is 19.7. The third kappa shape index (κ3) is 9.31. The van der Waals surface area contributed by atoms with Gasteiger partial charge >= 0.3 is 0 Å². The first-order chi connectivity index (χ1) is 14.8. The number of phenolic OH excluding ortho intramolecular Hbond substituents is 2. The number of aromatic hydroxyl groups is 2. The van der Waals surface area contributed by atoms with Gasteiger partial charge in [0.25, 0.3) is 0 Å². The standard InChI is InChI=1S/C21H22Br2N4O4/c22-16-6-8-18(28)14(10-16)12-24-26-20(30)4-2-1-3-5-21(31)27-25-13-15-11-17(23)7-9-19(15)29/h6-13,28-29H,1-5H2,(H,26,30)(H,27,31)/b24-12-,25-13-. The second-order valence-electron chi connectivity index (χ2n) is 6.55. The normalized spacial score (nSPS) is 11.2. The SMILES string of the molecule is O=C(CCCCCC(=O)N/N=C\c1cc(Br)ccc1O)N/N=C\c1cc(Br)ccc1O. The first kappa shape index (κ1) is 24.5. The minimum absolute atomic E-state index is 0.0669. The molecule has 2 aromatic carbocycles. The fourth-order valence-corrected chi connectivity index (χ4v) is 3.22. The number of hydrogen-bond acceptors (Lipinski definition) is 6. The lowest BCUT2D eigenvalue weighted by molar-refractivity contribution is -0.121. The van der Waals surface area contributed by atoms with Gasteiger partial charge in [0.05, 0.1) is 12.4 Å². The number of halogens is 2. The van der Waals surface area contributed by atoms with Crippen LogP contribution < -0.4 is 10.9 Å². The van der Waals surface area contributed by atoms with E-state index in [-0.39, 0.29) is 36.2 Å². The molecule has 0 aromatic heterocycles. The van der Waals surface area contributed by atoms with Crippen LogP contribution in [0.5, 0.6) is 11.5 Å². The molecule has 0 spiro atoms. The first-order valence-electron chi connectivity index (χ1n) is 9.46. The molecule has 0 bridgehead atoms. The van der Waals surface area contributed by atoms with Gasteiger partial charge in [0.15, 0.2) is 0 Å². The summed E-state index contributed by atoms with van der Waals surface area (Å²) < 4.78 is 1.58. The van der Waals surface area contributed by atoms with Gasteiger partial charge in [-0.15, -0.1) is 0 Å². The number of rotatable bonds is 10. The van der Waals surface area contributed by atoms with Crippen molar-refractivity contribution in [1.82, 2.24) is 10.9 Å². The average Bonchev–Trinajstić information content (AvgIpc) is 2.73. The van der Waals surface area contributed by atoms with Crippen molar-refractivity contribution in [3.8, 4) is 11.5 Å². The zero-order valence-electron chi connectivity index (χ0n) is 16.5. The number of nitrogens with zero attached hydrogens (tertiary/aromatic N) is 2. The highest BCUT2D eigenvalue weighted by molar-refractivity contribution is 9.10. The molecule has 8 nitrogen and oxygen atoms in total. The first-order valence-corrected chi connectivity index (χ1v) is 11.0. The molecule has 0 saturated carbocycles. The molecule has 0 radical (unpaired) electrons. The molecular weight excluding hydrogens is 532 g/mol. The molecule has 31 heavy (non-hydrogen) atoms. The zero-order chi connectivity index (χ0) is 22.6. The highest BCUT2D eigenvalue weighted by Crippen LogP contribution is 2.20. The van der Waals surface area contributed by atoms with Gasteiger partial charge in [-0.2, -0.15) is 10.2 Å². The molecule has 0 aliphatic heterocycles. The largest absolute Gasteiger partial charge is 0.507 e. The molecule has 0 heterocycles. The van der Waals surface area contributed by atoms with Crippen LogP contribution in [0.1, 0.15) is 43.2 Å². The Kier molecular flexibility index (Phi) is 10.2. The van der Waals surface area contributed by atoms with Gasteiger partial charge in [-0.1, -0.05) is 38.3 Å². The van der Waals surface area contributed by atoms with Gasteiger partial charge in [-0.3, -0.25) is 9.59 Å². The third-order valence-electron chi connectivity index (χ3n) is 4.07. The van der Waals surface area contributed by atoms with E-state index in [1.54, 1.807) is 24.3 Å². The van der Waals surface area contributed by atoms with Crippen LogP contribution in [0.3, 0.4) is 0 Å². The molecule has 4 N–H and O–H groups in total. The van der Waals surface area contributed by atoms with E-state index in [1.807, 2.05) is 0 Å². The second kappa shape index (κ2) is 12.9. The lowest BCUT2D eigenvalue weighted by Gasteiger charge is -2.02. The van der Waals surface area contributed by atoms with Crippen molar-refractivity contribution >= 4 is 56.1 Å². The Morgan fingerprint density at radius 2 is 1.19 bits per heavy atom. The lowest BCUT2D eigenvalue weighted by Crippen LogP contribution is -2.18. The minimum Gasteiger partial charge on any atom is -0.507 e. The quantitative estimate of drug-likeness (QED) is 0.200. The summed E-state index contributed by atoms with van der Waals surface area (Å²) in [7, 11) is 0. The number of amides is 2. The van der Waals surface area contributed by atoms with E-state index in [4.69, 9.17) is 0 Å². The molecule has 164 valence electrons. The number of carbonyl (C=O) groups is 2. The van der Waals surface area contributed by atoms with Crippen LogP contribution in [0.25, 0.3) is 0 Å². The Hall–Kier alpha value is -2.72. The van der Waals surface area contributed by atoms with Crippen molar-refractivity contribution in [2.24, 2.45) is 10.2 Å². The Morgan fingerprint density at radius 1 is 0.774 bits per heavy atom. The molecule has 0 aliphatic carbocycles. The van der Waals surface area contributed by atoms with E-state index in [0.717, 1.165) is 8.95 Å². The van der Waals surface area contributed by atoms with Crippen molar-refractivity contribution in [2.45, 2.75) is 32.1 Å².